The molecule has 2 heterocycles. The molecule has 2 fully saturated rings. The number of rotatable bonds is 6. The second-order valence-electron chi connectivity index (χ2n) is 8.10. The fraction of sp³-hybridized carbons (Fsp3) is 0.231. The number of para-hydroxylation sites is 1. The average Bonchev–Trinajstić information content (AvgIpc) is 3.39. The van der Waals surface area contributed by atoms with Gasteiger partial charge in [-0.3, -0.25) is 14.4 Å². The first kappa shape index (κ1) is 22.7. The van der Waals surface area contributed by atoms with E-state index in [1.54, 1.807) is 17.2 Å². The zero-order valence-corrected chi connectivity index (χ0v) is 19.3. The summed E-state index contributed by atoms with van der Waals surface area (Å²) in [5.74, 6) is -1.21. The van der Waals surface area contributed by atoms with Gasteiger partial charge in [-0.15, -0.1) is 0 Å². The van der Waals surface area contributed by atoms with E-state index in [0.717, 1.165) is 11.0 Å². The molecule has 2 saturated heterocycles. The normalized spacial score (nSPS) is 21.3. The maximum atomic E-state index is 13.9. The molecule has 5 rings (SSSR count). The van der Waals surface area contributed by atoms with Gasteiger partial charge in [0.15, 0.2) is 17.6 Å². The van der Waals surface area contributed by atoms with Gasteiger partial charge in [0, 0.05) is 11.6 Å². The highest BCUT2D eigenvalue weighted by Crippen LogP contribution is 2.51. The largest absolute Gasteiger partial charge is 0.496 e. The van der Waals surface area contributed by atoms with Gasteiger partial charge in [0.25, 0.3) is 5.91 Å². The Balaban J connectivity index is 1.66. The molecule has 0 aromatic heterocycles. The van der Waals surface area contributed by atoms with Crippen LogP contribution in [0, 0.1) is 11.7 Å². The number of benzene rings is 3. The summed E-state index contributed by atoms with van der Waals surface area (Å²) in [6, 6.07) is 17.2. The number of ether oxygens (including phenoxy) is 3. The topological polar surface area (TPSA) is 77.5 Å². The number of anilines is 2. The van der Waals surface area contributed by atoms with Crippen LogP contribution in [0.5, 0.6) is 17.2 Å². The van der Waals surface area contributed by atoms with E-state index in [1.807, 2.05) is 30.3 Å². The summed E-state index contributed by atoms with van der Waals surface area (Å²) < 4.78 is 30.5. The number of methoxy groups -OCH3 is 3. The van der Waals surface area contributed by atoms with Crippen molar-refractivity contribution in [1.29, 1.82) is 0 Å². The van der Waals surface area contributed by atoms with Crippen LogP contribution in [0.2, 0.25) is 0 Å². The van der Waals surface area contributed by atoms with Gasteiger partial charge in [-0.1, -0.05) is 24.3 Å². The van der Waals surface area contributed by atoms with Gasteiger partial charge in [-0.25, -0.2) is 14.4 Å². The maximum Gasteiger partial charge on any atom is 0.266 e. The Bertz CT molecular complexity index is 1280. The standard InChI is InChI=1S/C26H23FN2O6/c1-32-19-14-21(34-3)20(33-2)13-18(19)23-22-24(35-29(23)16-9-5-4-6-10-16)26(31)28(25(22)30)17-11-7-8-15(27)12-17/h4-14,22-24H,1-3H3/t22-,23+,24-/m0/s1. The predicted octanol–water partition coefficient (Wildman–Crippen LogP) is 3.90. The first-order valence-electron chi connectivity index (χ1n) is 10.9. The number of halogens is 1. The van der Waals surface area contributed by atoms with Crippen LogP contribution in [0.4, 0.5) is 15.8 Å². The third kappa shape index (κ3) is 3.64. The first-order chi connectivity index (χ1) is 17.0. The Morgan fingerprint density at radius 3 is 2.09 bits per heavy atom. The van der Waals surface area contributed by atoms with Crippen LogP contribution in [-0.4, -0.2) is 39.2 Å². The second kappa shape index (κ2) is 8.92. The van der Waals surface area contributed by atoms with Gasteiger partial charge < -0.3 is 14.2 Å². The minimum absolute atomic E-state index is 0.155. The Morgan fingerprint density at radius 1 is 0.771 bits per heavy atom. The molecule has 0 aliphatic carbocycles. The number of carbonyl (C=O) groups excluding carboxylic acids is 2. The Morgan fingerprint density at radius 2 is 1.43 bits per heavy atom. The number of hydrogen-bond donors (Lipinski definition) is 0. The lowest BCUT2D eigenvalue weighted by Crippen LogP contribution is -2.37. The van der Waals surface area contributed by atoms with Crippen molar-refractivity contribution in [2.75, 3.05) is 31.3 Å². The molecule has 2 aliphatic heterocycles. The molecule has 2 amide bonds. The highest BCUT2D eigenvalue weighted by molar-refractivity contribution is 6.24. The number of hydroxylamine groups is 1. The average molecular weight is 478 g/mol. The number of carbonyl (C=O) groups is 2. The quantitative estimate of drug-likeness (QED) is 0.498. The summed E-state index contributed by atoms with van der Waals surface area (Å²) in [6.45, 7) is 0. The van der Waals surface area contributed by atoms with E-state index in [-0.39, 0.29) is 5.69 Å². The summed E-state index contributed by atoms with van der Waals surface area (Å²) in [5.41, 5.74) is 1.38. The highest BCUT2D eigenvalue weighted by Gasteiger charge is 2.61. The molecular formula is C26H23FN2O6. The molecule has 35 heavy (non-hydrogen) atoms. The third-order valence-electron chi connectivity index (χ3n) is 6.25. The summed E-state index contributed by atoms with van der Waals surface area (Å²) in [5, 5.41) is 1.55. The third-order valence-corrected chi connectivity index (χ3v) is 6.25. The summed E-state index contributed by atoms with van der Waals surface area (Å²) in [4.78, 5) is 34.2. The molecule has 0 radical (unpaired) electrons. The van der Waals surface area contributed by atoms with Gasteiger partial charge in [0.05, 0.1) is 32.7 Å². The van der Waals surface area contributed by atoms with Crippen LogP contribution in [0.1, 0.15) is 11.6 Å². The number of nitrogens with zero attached hydrogens (tertiary/aromatic N) is 2. The lowest BCUT2D eigenvalue weighted by molar-refractivity contribution is -0.126. The van der Waals surface area contributed by atoms with Gasteiger partial charge in [0.1, 0.15) is 23.5 Å². The van der Waals surface area contributed by atoms with Gasteiger partial charge in [-0.2, -0.15) is 0 Å². The van der Waals surface area contributed by atoms with Crippen molar-refractivity contribution in [2.24, 2.45) is 5.92 Å². The zero-order chi connectivity index (χ0) is 24.7. The van der Waals surface area contributed by atoms with Crippen molar-refractivity contribution in [3.8, 4) is 17.2 Å². The molecular weight excluding hydrogens is 455 g/mol. The van der Waals surface area contributed by atoms with E-state index in [4.69, 9.17) is 19.0 Å². The smallest absolute Gasteiger partial charge is 0.266 e. The van der Waals surface area contributed by atoms with Crippen LogP contribution in [-0.2, 0) is 14.4 Å². The molecule has 3 aromatic rings. The van der Waals surface area contributed by atoms with Crippen molar-refractivity contribution >= 4 is 23.2 Å². The monoisotopic (exact) mass is 478 g/mol. The van der Waals surface area contributed by atoms with E-state index in [1.165, 1.54) is 39.5 Å². The van der Waals surface area contributed by atoms with E-state index in [9.17, 15) is 14.0 Å². The van der Waals surface area contributed by atoms with Crippen LogP contribution < -0.4 is 24.2 Å². The molecule has 3 aromatic carbocycles. The first-order valence-corrected chi connectivity index (χ1v) is 10.9. The SMILES string of the molecule is COc1cc(OC)c([C@@H]2[C@@H]3C(=O)N(c4cccc(F)c4)C(=O)[C@H]3ON2c2ccccc2)cc1OC. The van der Waals surface area contributed by atoms with Gasteiger partial charge in [-0.05, 0) is 36.4 Å². The molecule has 180 valence electrons. The van der Waals surface area contributed by atoms with Crippen molar-refractivity contribution in [3.05, 3.63) is 78.1 Å². The summed E-state index contributed by atoms with van der Waals surface area (Å²) in [7, 11) is 4.52. The zero-order valence-electron chi connectivity index (χ0n) is 19.3. The van der Waals surface area contributed by atoms with Crippen molar-refractivity contribution in [3.63, 3.8) is 0 Å². The molecule has 3 atom stereocenters. The number of amides is 2. The second-order valence-corrected chi connectivity index (χ2v) is 8.10. The molecule has 0 bridgehead atoms. The minimum atomic E-state index is -1.10. The molecule has 2 aliphatic rings. The molecule has 8 nitrogen and oxygen atoms in total. The Hall–Kier alpha value is -4.11. The molecule has 0 unspecified atom stereocenters. The molecule has 9 heteroatoms. The van der Waals surface area contributed by atoms with Crippen molar-refractivity contribution in [2.45, 2.75) is 12.1 Å². The van der Waals surface area contributed by atoms with E-state index in [2.05, 4.69) is 0 Å². The number of imide groups is 1. The maximum absolute atomic E-state index is 13.9. The van der Waals surface area contributed by atoms with Crippen molar-refractivity contribution in [1.82, 2.24) is 0 Å². The lowest BCUT2D eigenvalue weighted by atomic mass is 9.89. The molecule has 0 saturated carbocycles. The highest BCUT2D eigenvalue weighted by atomic mass is 19.1. The van der Waals surface area contributed by atoms with Crippen LogP contribution >= 0.6 is 0 Å². The van der Waals surface area contributed by atoms with E-state index >= 15 is 0 Å². The van der Waals surface area contributed by atoms with Gasteiger partial charge >= 0.3 is 0 Å². The molecule has 0 N–H and O–H groups in total. The lowest BCUT2D eigenvalue weighted by Gasteiger charge is -2.30. The van der Waals surface area contributed by atoms with Crippen LogP contribution in [0.3, 0.4) is 0 Å². The Kier molecular flexibility index (Phi) is 5.78. The number of fused-ring (bicyclic) bond motifs is 1. The minimum Gasteiger partial charge on any atom is -0.496 e. The fourth-order valence-electron chi connectivity index (χ4n) is 4.68. The number of hydrogen-bond acceptors (Lipinski definition) is 7. The van der Waals surface area contributed by atoms with E-state index in [0.29, 0.717) is 28.5 Å². The molecule has 0 spiro atoms. The van der Waals surface area contributed by atoms with Crippen LogP contribution in [0.25, 0.3) is 0 Å². The summed E-state index contributed by atoms with van der Waals surface area (Å²) >= 11 is 0. The predicted molar refractivity (Wildman–Crippen MR) is 125 cm³/mol. The summed E-state index contributed by atoms with van der Waals surface area (Å²) in [6.07, 6.45) is -1.10. The van der Waals surface area contributed by atoms with E-state index < -0.39 is 35.7 Å². The van der Waals surface area contributed by atoms with Crippen LogP contribution in [0.15, 0.2) is 66.7 Å². The van der Waals surface area contributed by atoms with Gasteiger partial charge in [0.2, 0.25) is 5.91 Å². The van der Waals surface area contributed by atoms with Crippen molar-refractivity contribution < 1.29 is 33.0 Å². The fourth-order valence-corrected chi connectivity index (χ4v) is 4.68. The Labute approximate surface area is 201 Å².